The van der Waals surface area contributed by atoms with E-state index in [0.29, 0.717) is 12.3 Å². The van der Waals surface area contributed by atoms with Crippen LogP contribution in [0.15, 0.2) is 60.9 Å². The van der Waals surface area contributed by atoms with Crippen LogP contribution >= 0.6 is 0 Å². The molecule has 156 valence electrons. The number of nitrogens with zero attached hydrogens (tertiary/aromatic N) is 3. The van der Waals surface area contributed by atoms with Crippen LogP contribution in [0.2, 0.25) is 0 Å². The Labute approximate surface area is 177 Å². The first-order chi connectivity index (χ1) is 14.7. The second kappa shape index (κ2) is 9.59. The molecule has 3 aromatic rings. The van der Waals surface area contributed by atoms with Crippen LogP contribution in [-0.2, 0) is 24.8 Å². The average molecular weight is 405 g/mol. The lowest BCUT2D eigenvalue weighted by Crippen LogP contribution is -2.34. The van der Waals surface area contributed by atoms with E-state index in [1.807, 2.05) is 42.1 Å². The fourth-order valence-corrected chi connectivity index (χ4v) is 3.84. The van der Waals surface area contributed by atoms with Crippen LogP contribution in [0.5, 0.6) is 5.75 Å². The first-order valence-corrected chi connectivity index (χ1v) is 10.5. The topological polar surface area (TPSA) is 59.4 Å². The van der Waals surface area contributed by atoms with Gasteiger partial charge in [0.05, 0.1) is 0 Å². The van der Waals surface area contributed by atoms with Gasteiger partial charge in [0.1, 0.15) is 11.6 Å². The van der Waals surface area contributed by atoms with Crippen molar-refractivity contribution in [3.63, 3.8) is 0 Å². The maximum absolute atomic E-state index is 12.1. The summed E-state index contributed by atoms with van der Waals surface area (Å²) in [4.78, 5) is 18.9. The molecule has 0 bridgehead atoms. The molecule has 0 unspecified atom stereocenters. The lowest BCUT2D eigenvalue weighted by atomic mass is 10.00. The Morgan fingerprint density at radius 2 is 2.03 bits per heavy atom. The molecule has 0 fully saturated rings. The summed E-state index contributed by atoms with van der Waals surface area (Å²) in [5.74, 6) is 1.43. The van der Waals surface area contributed by atoms with Gasteiger partial charge in [0.15, 0.2) is 6.61 Å². The molecule has 0 spiro atoms. The van der Waals surface area contributed by atoms with E-state index in [1.165, 1.54) is 11.1 Å². The minimum atomic E-state index is -0.0959. The number of carbonyl (C=O) groups is 1. The van der Waals surface area contributed by atoms with Crippen molar-refractivity contribution in [3.05, 3.63) is 72.1 Å². The quantitative estimate of drug-likeness (QED) is 0.587. The Bertz CT molecular complexity index is 998. The number of aromatic nitrogens is 2. The highest BCUT2D eigenvalue weighted by Crippen LogP contribution is 2.22. The molecule has 30 heavy (non-hydrogen) atoms. The van der Waals surface area contributed by atoms with E-state index in [-0.39, 0.29) is 12.5 Å². The molecule has 4 rings (SSSR count). The third kappa shape index (κ3) is 5.07. The normalized spacial score (nSPS) is 13.6. The van der Waals surface area contributed by atoms with Crippen LogP contribution in [0.3, 0.4) is 0 Å². The summed E-state index contributed by atoms with van der Waals surface area (Å²) < 4.78 is 7.62. The second-order valence-electron chi connectivity index (χ2n) is 7.68. The predicted octanol–water partition coefficient (Wildman–Crippen LogP) is 3.03. The van der Waals surface area contributed by atoms with Crippen molar-refractivity contribution < 1.29 is 9.53 Å². The molecule has 1 aliphatic rings. The van der Waals surface area contributed by atoms with Crippen LogP contribution in [0.4, 0.5) is 0 Å². The fourth-order valence-electron chi connectivity index (χ4n) is 3.84. The number of imidazole rings is 1. The molecular weight excluding hydrogens is 376 g/mol. The van der Waals surface area contributed by atoms with E-state index in [0.717, 1.165) is 43.9 Å². The van der Waals surface area contributed by atoms with Crippen LogP contribution < -0.4 is 10.1 Å². The van der Waals surface area contributed by atoms with Gasteiger partial charge in [-0.2, -0.15) is 0 Å². The monoisotopic (exact) mass is 404 g/mol. The van der Waals surface area contributed by atoms with Gasteiger partial charge < -0.3 is 14.6 Å². The number of ether oxygens (including phenoxy) is 1. The van der Waals surface area contributed by atoms with Crippen molar-refractivity contribution >= 4 is 5.91 Å². The number of nitrogens with one attached hydrogen (secondary N) is 1. The summed E-state index contributed by atoms with van der Waals surface area (Å²) in [6.07, 6.45) is 5.70. The molecule has 2 aromatic carbocycles. The summed E-state index contributed by atoms with van der Waals surface area (Å²) in [5.41, 5.74) is 3.85. The Morgan fingerprint density at radius 1 is 1.17 bits per heavy atom. The number of fused-ring (bicyclic) bond motifs is 1. The molecule has 0 saturated heterocycles. The molecule has 0 radical (unpaired) electrons. The summed E-state index contributed by atoms with van der Waals surface area (Å²) in [7, 11) is 1.95. The lowest BCUT2D eigenvalue weighted by Gasteiger charge is -2.28. The highest BCUT2D eigenvalue weighted by molar-refractivity contribution is 5.77. The number of hydrogen-bond acceptors (Lipinski definition) is 4. The van der Waals surface area contributed by atoms with Crippen molar-refractivity contribution in [2.45, 2.75) is 19.4 Å². The van der Waals surface area contributed by atoms with E-state index < -0.39 is 0 Å². The van der Waals surface area contributed by atoms with Crippen LogP contribution in [0, 0.1) is 0 Å². The Balaban J connectivity index is 1.17. The van der Waals surface area contributed by atoms with Gasteiger partial charge in [0.25, 0.3) is 5.91 Å². The lowest BCUT2D eigenvalue weighted by molar-refractivity contribution is -0.123. The predicted molar refractivity (Wildman–Crippen MR) is 117 cm³/mol. The van der Waals surface area contributed by atoms with Gasteiger partial charge in [-0.15, -0.1) is 0 Å². The molecule has 1 N–H and O–H groups in total. The maximum Gasteiger partial charge on any atom is 0.257 e. The average Bonchev–Trinajstić information content (AvgIpc) is 3.21. The van der Waals surface area contributed by atoms with Gasteiger partial charge in [-0.1, -0.05) is 36.4 Å². The summed E-state index contributed by atoms with van der Waals surface area (Å²) in [6.45, 7) is 3.75. The number of hydrogen-bond donors (Lipinski definition) is 1. The minimum absolute atomic E-state index is 0.0150. The van der Waals surface area contributed by atoms with Crippen molar-refractivity contribution in [3.8, 4) is 17.1 Å². The molecule has 1 amide bonds. The summed E-state index contributed by atoms with van der Waals surface area (Å²) in [5, 5.41) is 2.96. The molecule has 1 aliphatic heterocycles. The summed E-state index contributed by atoms with van der Waals surface area (Å²) >= 11 is 0. The van der Waals surface area contributed by atoms with Crippen LogP contribution in [0.25, 0.3) is 11.4 Å². The number of rotatable bonds is 8. The van der Waals surface area contributed by atoms with Gasteiger partial charge in [-0.25, -0.2) is 4.98 Å². The zero-order valence-electron chi connectivity index (χ0n) is 17.4. The Kier molecular flexibility index (Phi) is 6.44. The smallest absolute Gasteiger partial charge is 0.257 e. The molecular formula is C24H28N4O2. The Hall–Kier alpha value is -3.12. The third-order valence-corrected chi connectivity index (χ3v) is 5.47. The van der Waals surface area contributed by atoms with E-state index >= 15 is 0 Å². The maximum atomic E-state index is 12.1. The van der Waals surface area contributed by atoms with Gasteiger partial charge in [-0.3, -0.25) is 9.69 Å². The molecule has 6 nitrogen and oxygen atoms in total. The Morgan fingerprint density at radius 3 is 2.87 bits per heavy atom. The number of amides is 1. The van der Waals surface area contributed by atoms with Crippen LogP contribution in [-0.4, -0.2) is 46.6 Å². The van der Waals surface area contributed by atoms with Gasteiger partial charge in [-0.05, 0) is 36.1 Å². The molecule has 0 atom stereocenters. The fraction of sp³-hybridized carbons (Fsp3) is 0.333. The van der Waals surface area contributed by atoms with Gasteiger partial charge >= 0.3 is 0 Å². The standard InChI is InChI=1S/C24H28N4O2/c1-27-15-12-26-24(27)20-8-4-9-22(16-20)30-18-23(29)25-11-5-13-28-14-10-19-6-2-3-7-21(19)17-28/h2-4,6-9,12,15-16H,5,10-11,13-14,17-18H2,1H3,(H,25,29). The second-order valence-corrected chi connectivity index (χ2v) is 7.68. The van der Waals surface area contributed by atoms with Crippen molar-refractivity contribution in [2.24, 2.45) is 7.05 Å². The number of aryl methyl sites for hydroxylation is 1. The molecule has 2 heterocycles. The van der Waals surface area contributed by atoms with E-state index in [1.54, 1.807) is 6.20 Å². The molecule has 6 heteroatoms. The number of benzene rings is 2. The first kappa shape index (κ1) is 20.2. The largest absolute Gasteiger partial charge is 0.484 e. The van der Waals surface area contributed by atoms with Crippen LogP contribution in [0.1, 0.15) is 17.5 Å². The van der Waals surface area contributed by atoms with Crippen molar-refractivity contribution in [2.75, 3.05) is 26.2 Å². The number of carbonyl (C=O) groups excluding carboxylic acids is 1. The zero-order chi connectivity index (χ0) is 20.8. The highest BCUT2D eigenvalue weighted by Gasteiger charge is 2.15. The SMILES string of the molecule is Cn1ccnc1-c1cccc(OCC(=O)NCCCN2CCc3ccccc3C2)c1. The minimum Gasteiger partial charge on any atom is -0.484 e. The molecule has 1 aromatic heterocycles. The molecule has 0 aliphatic carbocycles. The van der Waals surface area contributed by atoms with E-state index in [9.17, 15) is 4.79 Å². The van der Waals surface area contributed by atoms with E-state index in [2.05, 4.69) is 39.5 Å². The van der Waals surface area contributed by atoms with Crippen molar-refractivity contribution in [1.29, 1.82) is 0 Å². The third-order valence-electron chi connectivity index (χ3n) is 5.47. The first-order valence-electron chi connectivity index (χ1n) is 10.5. The molecule has 0 saturated carbocycles. The van der Waals surface area contributed by atoms with Gasteiger partial charge in [0.2, 0.25) is 0 Å². The van der Waals surface area contributed by atoms with E-state index in [4.69, 9.17) is 4.74 Å². The highest BCUT2D eigenvalue weighted by atomic mass is 16.5. The summed E-state index contributed by atoms with van der Waals surface area (Å²) in [6, 6.07) is 16.3. The zero-order valence-corrected chi connectivity index (χ0v) is 17.4. The van der Waals surface area contributed by atoms with Crippen molar-refractivity contribution in [1.82, 2.24) is 19.8 Å². The van der Waals surface area contributed by atoms with Gasteiger partial charge in [0, 0.05) is 51.2 Å².